The van der Waals surface area contributed by atoms with Crippen LogP contribution in [0.1, 0.15) is 33.1 Å². The van der Waals surface area contributed by atoms with Crippen molar-refractivity contribution in [1.29, 1.82) is 0 Å². The minimum Gasteiger partial charge on any atom is -0.339 e. The first-order valence-electron chi connectivity index (χ1n) is 8.02. The van der Waals surface area contributed by atoms with Crippen molar-refractivity contribution in [2.75, 3.05) is 39.3 Å². The number of rotatable bonds is 3. The second kappa shape index (κ2) is 7.22. The fourth-order valence-electron chi connectivity index (χ4n) is 3.35. The van der Waals surface area contributed by atoms with Gasteiger partial charge in [0.2, 0.25) is 11.8 Å². The Morgan fingerprint density at radius 3 is 2.29 bits per heavy atom. The van der Waals surface area contributed by atoms with E-state index < -0.39 is 0 Å². The van der Waals surface area contributed by atoms with Crippen molar-refractivity contribution in [2.45, 2.75) is 45.2 Å². The minimum atomic E-state index is 0.0927. The Hall–Kier alpha value is -1.14. The SMILES string of the molecule is CC(=O)N1CCN(C(=O)CN2CCCCC2C(C)N)CC1. The van der Waals surface area contributed by atoms with E-state index in [2.05, 4.69) is 4.90 Å². The van der Waals surface area contributed by atoms with Crippen LogP contribution in [0.5, 0.6) is 0 Å². The van der Waals surface area contributed by atoms with E-state index in [4.69, 9.17) is 5.73 Å². The second-order valence-electron chi connectivity index (χ2n) is 6.28. The van der Waals surface area contributed by atoms with E-state index in [1.54, 1.807) is 11.8 Å². The van der Waals surface area contributed by atoms with Gasteiger partial charge in [-0.05, 0) is 26.3 Å². The molecule has 2 amide bonds. The van der Waals surface area contributed by atoms with Crippen LogP contribution in [0.2, 0.25) is 0 Å². The summed E-state index contributed by atoms with van der Waals surface area (Å²) < 4.78 is 0. The molecule has 2 unspecified atom stereocenters. The first kappa shape index (κ1) is 16.2. The van der Waals surface area contributed by atoms with Crippen LogP contribution in [-0.2, 0) is 9.59 Å². The molecular weight excluding hydrogens is 268 g/mol. The van der Waals surface area contributed by atoms with Gasteiger partial charge in [-0.25, -0.2) is 0 Å². The summed E-state index contributed by atoms with van der Waals surface area (Å²) in [6.45, 7) is 7.63. The van der Waals surface area contributed by atoms with Gasteiger partial charge in [-0.2, -0.15) is 0 Å². The highest BCUT2D eigenvalue weighted by Gasteiger charge is 2.29. The summed E-state index contributed by atoms with van der Waals surface area (Å²) >= 11 is 0. The first-order valence-corrected chi connectivity index (χ1v) is 8.02. The van der Waals surface area contributed by atoms with Crippen molar-refractivity contribution in [1.82, 2.24) is 14.7 Å². The Labute approximate surface area is 127 Å². The molecule has 0 aromatic rings. The number of nitrogens with two attached hydrogens (primary N) is 1. The molecule has 0 radical (unpaired) electrons. The molecule has 0 aromatic heterocycles. The van der Waals surface area contributed by atoms with E-state index in [1.165, 1.54) is 6.42 Å². The van der Waals surface area contributed by atoms with Crippen LogP contribution in [0.4, 0.5) is 0 Å². The summed E-state index contributed by atoms with van der Waals surface area (Å²) in [6, 6.07) is 0.425. The van der Waals surface area contributed by atoms with E-state index in [0.717, 1.165) is 19.4 Å². The van der Waals surface area contributed by atoms with E-state index in [0.29, 0.717) is 38.8 Å². The number of piperazine rings is 1. The summed E-state index contributed by atoms with van der Waals surface area (Å²) in [5.74, 6) is 0.265. The number of hydrogen-bond donors (Lipinski definition) is 1. The molecule has 6 heteroatoms. The Morgan fingerprint density at radius 2 is 1.71 bits per heavy atom. The molecule has 21 heavy (non-hydrogen) atoms. The predicted molar refractivity (Wildman–Crippen MR) is 81.7 cm³/mol. The predicted octanol–water partition coefficient (Wildman–Crippen LogP) is -0.121. The van der Waals surface area contributed by atoms with Gasteiger partial charge in [-0.15, -0.1) is 0 Å². The summed E-state index contributed by atoms with van der Waals surface area (Å²) in [6.07, 6.45) is 3.44. The maximum atomic E-state index is 12.5. The summed E-state index contributed by atoms with van der Waals surface area (Å²) in [4.78, 5) is 29.7. The van der Waals surface area contributed by atoms with Crippen molar-refractivity contribution in [2.24, 2.45) is 5.73 Å². The highest BCUT2D eigenvalue weighted by atomic mass is 16.2. The van der Waals surface area contributed by atoms with Gasteiger partial charge in [-0.1, -0.05) is 6.42 Å². The Balaban J connectivity index is 1.85. The molecule has 2 aliphatic rings. The topological polar surface area (TPSA) is 69.9 Å². The van der Waals surface area contributed by atoms with Crippen molar-refractivity contribution in [3.05, 3.63) is 0 Å². The lowest BCUT2D eigenvalue weighted by atomic mass is 9.97. The Bertz CT molecular complexity index is 378. The van der Waals surface area contributed by atoms with Gasteiger partial charge in [0, 0.05) is 45.2 Å². The Kier molecular flexibility index (Phi) is 5.58. The average Bonchev–Trinajstić information content (AvgIpc) is 2.47. The maximum Gasteiger partial charge on any atom is 0.236 e. The zero-order valence-corrected chi connectivity index (χ0v) is 13.3. The zero-order chi connectivity index (χ0) is 15.4. The van der Waals surface area contributed by atoms with E-state index >= 15 is 0 Å². The summed E-state index contributed by atoms with van der Waals surface area (Å²) in [5, 5.41) is 0. The third-order valence-electron chi connectivity index (χ3n) is 4.69. The standard InChI is InChI=1S/C15H28N4O2/c1-12(16)14-5-3-4-6-19(14)11-15(21)18-9-7-17(8-10-18)13(2)20/h12,14H,3-11,16H2,1-2H3. The largest absolute Gasteiger partial charge is 0.339 e. The molecule has 2 atom stereocenters. The number of carbonyl (C=O) groups excluding carboxylic acids is 2. The zero-order valence-electron chi connectivity index (χ0n) is 13.3. The molecule has 0 aliphatic carbocycles. The fraction of sp³-hybridized carbons (Fsp3) is 0.867. The molecule has 120 valence electrons. The summed E-state index contributed by atoms with van der Waals surface area (Å²) in [5.41, 5.74) is 6.05. The molecule has 0 spiro atoms. The normalized spacial score (nSPS) is 25.8. The second-order valence-corrected chi connectivity index (χ2v) is 6.28. The van der Waals surface area contributed by atoms with Crippen LogP contribution < -0.4 is 5.73 Å². The highest BCUT2D eigenvalue weighted by Crippen LogP contribution is 2.19. The van der Waals surface area contributed by atoms with Crippen LogP contribution in [0.15, 0.2) is 0 Å². The molecule has 0 saturated carbocycles. The lowest BCUT2D eigenvalue weighted by molar-refractivity contribution is -0.139. The molecule has 2 fully saturated rings. The molecule has 0 bridgehead atoms. The smallest absolute Gasteiger partial charge is 0.236 e. The van der Waals surface area contributed by atoms with Gasteiger partial charge in [-0.3, -0.25) is 14.5 Å². The van der Waals surface area contributed by atoms with Crippen LogP contribution in [-0.4, -0.2) is 77.9 Å². The number of likely N-dealkylation sites (tertiary alicyclic amines) is 1. The molecule has 2 heterocycles. The number of carbonyl (C=O) groups is 2. The third kappa shape index (κ3) is 4.17. The molecule has 2 saturated heterocycles. The average molecular weight is 296 g/mol. The molecule has 2 aliphatic heterocycles. The van der Waals surface area contributed by atoms with E-state index in [1.807, 2.05) is 11.8 Å². The van der Waals surface area contributed by atoms with Crippen LogP contribution in [0.25, 0.3) is 0 Å². The van der Waals surface area contributed by atoms with Crippen molar-refractivity contribution in [3.8, 4) is 0 Å². The Morgan fingerprint density at radius 1 is 1.10 bits per heavy atom. The molecule has 2 N–H and O–H groups in total. The number of amides is 2. The minimum absolute atomic E-state index is 0.0927. The van der Waals surface area contributed by atoms with Crippen LogP contribution >= 0.6 is 0 Å². The van der Waals surface area contributed by atoms with Gasteiger partial charge >= 0.3 is 0 Å². The van der Waals surface area contributed by atoms with Crippen molar-refractivity contribution in [3.63, 3.8) is 0 Å². The maximum absolute atomic E-state index is 12.5. The molecule has 6 nitrogen and oxygen atoms in total. The van der Waals surface area contributed by atoms with Gasteiger partial charge < -0.3 is 15.5 Å². The number of nitrogens with zero attached hydrogens (tertiary/aromatic N) is 3. The number of hydrogen-bond acceptors (Lipinski definition) is 4. The van der Waals surface area contributed by atoms with E-state index in [9.17, 15) is 9.59 Å². The first-order chi connectivity index (χ1) is 9.99. The molecule has 2 rings (SSSR count). The molecular formula is C15H28N4O2. The van der Waals surface area contributed by atoms with Crippen LogP contribution in [0.3, 0.4) is 0 Å². The van der Waals surface area contributed by atoms with Crippen molar-refractivity contribution < 1.29 is 9.59 Å². The van der Waals surface area contributed by atoms with Gasteiger partial charge in [0.1, 0.15) is 0 Å². The van der Waals surface area contributed by atoms with E-state index in [-0.39, 0.29) is 17.9 Å². The lowest BCUT2D eigenvalue weighted by Crippen LogP contribution is -2.55. The third-order valence-corrected chi connectivity index (χ3v) is 4.69. The fourth-order valence-corrected chi connectivity index (χ4v) is 3.35. The van der Waals surface area contributed by atoms with Gasteiger partial charge in [0.15, 0.2) is 0 Å². The monoisotopic (exact) mass is 296 g/mol. The number of piperidine rings is 1. The van der Waals surface area contributed by atoms with Gasteiger partial charge in [0.05, 0.1) is 6.54 Å². The van der Waals surface area contributed by atoms with Crippen molar-refractivity contribution >= 4 is 11.8 Å². The van der Waals surface area contributed by atoms with Crippen LogP contribution in [0, 0.1) is 0 Å². The molecule has 0 aromatic carbocycles. The van der Waals surface area contributed by atoms with Gasteiger partial charge in [0.25, 0.3) is 0 Å². The summed E-state index contributed by atoms with van der Waals surface area (Å²) in [7, 11) is 0. The lowest BCUT2D eigenvalue weighted by Gasteiger charge is -2.40. The highest BCUT2D eigenvalue weighted by molar-refractivity contribution is 5.79. The quantitative estimate of drug-likeness (QED) is 0.788.